The summed E-state index contributed by atoms with van der Waals surface area (Å²) in [5.41, 5.74) is 2.45. The highest BCUT2D eigenvalue weighted by molar-refractivity contribution is 6.33. The van der Waals surface area contributed by atoms with E-state index in [2.05, 4.69) is 15.3 Å². The first kappa shape index (κ1) is 15.5. The van der Waals surface area contributed by atoms with Gasteiger partial charge >= 0.3 is 0 Å². The Balaban J connectivity index is 1.88. The van der Waals surface area contributed by atoms with Gasteiger partial charge < -0.3 is 9.73 Å². The molecule has 5 nitrogen and oxygen atoms in total. The SMILES string of the molecule is CCCCC(=O)Nc1cc(-c2nc3ncccc3o2)ccc1Cl. The van der Waals surface area contributed by atoms with E-state index in [0.29, 0.717) is 34.3 Å². The van der Waals surface area contributed by atoms with Gasteiger partial charge in [-0.3, -0.25) is 4.79 Å². The lowest BCUT2D eigenvalue weighted by Crippen LogP contribution is -2.11. The first-order chi connectivity index (χ1) is 11.2. The van der Waals surface area contributed by atoms with Crippen molar-refractivity contribution < 1.29 is 9.21 Å². The van der Waals surface area contributed by atoms with E-state index < -0.39 is 0 Å². The number of unbranched alkanes of at least 4 members (excludes halogenated alkanes) is 1. The average molecular weight is 330 g/mol. The quantitative estimate of drug-likeness (QED) is 0.738. The maximum atomic E-state index is 11.9. The van der Waals surface area contributed by atoms with Gasteiger partial charge in [0.2, 0.25) is 11.8 Å². The van der Waals surface area contributed by atoms with Crippen molar-refractivity contribution in [1.82, 2.24) is 9.97 Å². The monoisotopic (exact) mass is 329 g/mol. The molecule has 2 heterocycles. The van der Waals surface area contributed by atoms with Crippen molar-refractivity contribution in [3.05, 3.63) is 41.6 Å². The van der Waals surface area contributed by atoms with E-state index in [4.69, 9.17) is 16.0 Å². The van der Waals surface area contributed by atoms with Crippen LogP contribution in [-0.4, -0.2) is 15.9 Å². The van der Waals surface area contributed by atoms with E-state index in [-0.39, 0.29) is 5.91 Å². The molecule has 3 aromatic rings. The van der Waals surface area contributed by atoms with Crippen LogP contribution in [0.5, 0.6) is 0 Å². The highest BCUT2D eigenvalue weighted by atomic mass is 35.5. The Hall–Kier alpha value is -2.40. The lowest BCUT2D eigenvalue weighted by atomic mass is 10.2. The van der Waals surface area contributed by atoms with Crippen molar-refractivity contribution in [2.45, 2.75) is 26.2 Å². The van der Waals surface area contributed by atoms with Crippen molar-refractivity contribution in [3.63, 3.8) is 0 Å². The van der Waals surface area contributed by atoms with Gasteiger partial charge in [0.1, 0.15) is 0 Å². The highest BCUT2D eigenvalue weighted by Gasteiger charge is 2.12. The molecule has 6 heteroatoms. The van der Waals surface area contributed by atoms with Crippen molar-refractivity contribution in [2.75, 3.05) is 5.32 Å². The van der Waals surface area contributed by atoms with Gasteiger partial charge in [0.15, 0.2) is 11.2 Å². The number of hydrogen-bond donors (Lipinski definition) is 1. The van der Waals surface area contributed by atoms with E-state index >= 15 is 0 Å². The minimum Gasteiger partial charge on any atom is -0.434 e. The zero-order valence-electron chi connectivity index (χ0n) is 12.7. The van der Waals surface area contributed by atoms with E-state index in [1.807, 2.05) is 13.0 Å². The van der Waals surface area contributed by atoms with Crippen LogP contribution in [0.4, 0.5) is 5.69 Å². The number of hydrogen-bond acceptors (Lipinski definition) is 4. The Morgan fingerprint density at radius 2 is 2.22 bits per heavy atom. The molecule has 23 heavy (non-hydrogen) atoms. The van der Waals surface area contributed by atoms with E-state index in [1.54, 1.807) is 30.5 Å². The molecule has 118 valence electrons. The second-order valence-electron chi connectivity index (χ2n) is 5.19. The molecule has 0 aliphatic heterocycles. The third-order valence-corrected chi connectivity index (χ3v) is 3.74. The van der Waals surface area contributed by atoms with Crippen molar-refractivity contribution in [3.8, 4) is 11.5 Å². The Morgan fingerprint density at radius 3 is 3.00 bits per heavy atom. The lowest BCUT2D eigenvalue weighted by Gasteiger charge is -2.08. The molecule has 0 unspecified atom stereocenters. The minimum atomic E-state index is -0.0508. The molecule has 1 amide bonds. The number of halogens is 1. The molecule has 2 aromatic heterocycles. The van der Waals surface area contributed by atoms with Crippen molar-refractivity contribution in [1.29, 1.82) is 0 Å². The lowest BCUT2D eigenvalue weighted by molar-refractivity contribution is -0.116. The number of oxazole rings is 1. The summed E-state index contributed by atoms with van der Waals surface area (Å²) in [6, 6.07) is 8.88. The fourth-order valence-corrected chi connectivity index (χ4v) is 2.36. The predicted molar refractivity (Wildman–Crippen MR) is 90.4 cm³/mol. The molecule has 0 bridgehead atoms. The number of aromatic nitrogens is 2. The molecule has 0 aliphatic carbocycles. The summed E-state index contributed by atoms with van der Waals surface area (Å²) in [6.07, 6.45) is 3.96. The number of pyridine rings is 1. The summed E-state index contributed by atoms with van der Waals surface area (Å²) in [4.78, 5) is 20.4. The van der Waals surface area contributed by atoms with Crippen LogP contribution in [-0.2, 0) is 4.79 Å². The van der Waals surface area contributed by atoms with Crippen molar-refractivity contribution in [2.24, 2.45) is 0 Å². The summed E-state index contributed by atoms with van der Waals surface area (Å²) in [5.74, 6) is 0.393. The Labute approximate surface area is 138 Å². The Bertz CT molecular complexity index is 812. The number of nitrogens with one attached hydrogen (secondary N) is 1. The zero-order valence-corrected chi connectivity index (χ0v) is 13.4. The normalized spacial score (nSPS) is 10.9. The standard InChI is InChI=1S/C17H16ClN3O2/c1-2-3-6-15(22)20-13-10-11(7-8-12(13)18)17-21-16-14(23-17)5-4-9-19-16/h4-5,7-10H,2-3,6H2,1H3,(H,20,22). The van der Waals surface area contributed by atoms with Crippen LogP contribution in [0.3, 0.4) is 0 Å². The highest BCUT2D eigenvalue weighted by Crippen LogP contribution is 2.30. The Kier molecular flexibility index (Phi) is 4.57. The molecule has 0 spiro atoms. The number of anilines is 1. The van der Waals surface area contributed by atoms with Gasteiger partial charge in [0, 0.05) is 18.2 Å². The maximum Gasteiger partial charge on any atom is 0.228 e. The molecule has 1 aromatic carbocycles. The van der Waals surface area contributed by atoms with E-state index in [0.717, 1.165) is 18.4 Å². The van der Waals surface area contributed by atoms with Gasteiger partial charge in [0.05, 0.1) is 10.7 Å². The fourth-order valence-electron chi connectivity index (χ4n) is 2.20. The molecule has 0 saturated heterocycles. The summed E-state index contributed by atoms with van der Waals surface area (Å²) in [7, 11) is 0. The molecule has 0 radical (unpaired) electrons. The van der Waals surface area contributed by atoms with Crippen molar-refractivity contribution >= 4 is 34.4 Å². The molecule has 0 atom stereocenters. The van der Waals surface area contributed by atoms with Crippen LogP contribution in [0.15, 0.2) is 40.9 Å². The average Bonchev–Trinajstić information content (AvgIpc) is 2.99. The molecule has 0 saturated carbocycles. The second kappa shape index (κ2) is 6.79. The third-order valence-electron chi connectivity index (χ3n) is 3.41. The molecular weight excluding hydrogens is 314 g/mol. The van der Waals surface area contributed by atoms with E-state index in [9.17, 15) is 4.79 Å². The van der Waals surface area contributed by atoms with Gasteiger partial charge in [-0.2, -0.15) is 4.98 Å². The molecule has 1 N–H and O–H groups in total. The summed E-state index contributed by atoms with van der Waals surface area (Å²) in [6.45, 7) is 2.04. The van der Waals surface area contributed by atoms with Crippen LogP contribution in [0, 0.1) is 0 Å². The largest absolute Gasteiger partial charge is 0.434 e. The van der Waals surface area contributed by atoms with Crippen LogP contribution in [0.25, 0.3) is 22.7 Å². The summed E-state index contributed by atoms with van der Waals surface area (Å²) in [5, 5.41) is 3.31. The summed E-state index contributed by atoms with van der Waals surface area (Å²) < 4.78 is 5.69. The Morgan fingerprint density at radius 1 is 1.35 bits per heavy atom. The van der Waals surface area contributed by atoms with Crippen LogP contribution >= 0.6 is 11.6 Å². The molecule has 0 fully saturated rings. The van der Waals surface area contributed by atoms with Gasteiger partial charge in [0.25, 0.3) is 0 Å². The number of nitrogens with zero attached hydrogens (tertiary/aromatic N) is 2. The van der Waals surface area contributed by atoms with Crippen LogP contribution in [0.1, 0.15) is 26.2 Å². The number of carbonyl (C=O) groups is 1. The van der Waals surface area contributed by atoms with Gasteiger partial charge in [-0.25, -0.2) is 4.98 Å². The molecule has 3 rings (SSSR count). The fraction of sp³-hybridized carbons (Fsp3) is 0.235. The predicted octanol–water partition coefficient (Wildman–Crippen LogP) is 4.67. The number of amides is 1. The maximum absolute atomic E-state index is 11.9. The smallest absolute Gasteiger partial charge is 0.228 e. The summed E-state index contributed by atoms with van der Waals surface area (Å²) >= 11 is 6.16. The third kappa shape index (κ3) is 3.51. The first-order valence-corrected chi connectivity index (χ1v) is 7.86. The van der Waals surface area contributed by atoms with Crippen LogP contribution in [0.2, 0.25) is 5.02 Å². The van der Waals surface area contributed by atoms with E-state index in [1.165, 1.54) is 0 Å². The first-order valence-electron chi connectivity index (χ1n) is 7.48. The number of carbonyl (C=O) groups excluding carboxylic acids is 1. The second-order valence-corrected chi connectivity index (χ2v) is 5.60. The van der Waals surface area contributed by atoms with Crippen LogP contribution < -0.4 is 5.32 Å². The van der Waals surface area contributed by atoms with Gasteiger partial charge in [-0.05, 0) is 36.8 Å². The molecular formula is C17H16ClN3O2. The minimum absolute atomic E-state index is 0.0508. The zero-order chi connectivity index (χ0) is 16.2. The number of rotatable bonds is 5. The van der Waals surface area contributed by atoms with Gasteiger partial charge in [-0.15, -0.1) is 0 Å². The topological polar surface area (TPSA) is 68.0 Å². The van der Waals surface area contributed by atoms with Gasteiger partial charge in [-0.1, -0.05) is 24.9 Å². The molecule has 0 aliphatic rings. The number of benzene rings is 1. The number of fused-ring (bicyclic) bond motifs is 1.